The summed E-state index contributed by atoms with van der Waals surface area (Å²) in [6.45, 7) is 3.42. The van der Waals surface area contributed by atoms with Crippen molar-refractivity contribution in [3.8, 4) is 0 Å². The standard InChI is InChI=1S/C14H18N2O3/c1-2-15-8-13(17)16-9-10(7-14(18)19)11-5-3-4-6-12(11)16/h3-6,10,15H,2,7-9H2,1H3,(H,18,19). The van der Waals surface area contributed by atoms with Gasteiger partial charge in [-0.3, -0.25) is 9.59 Å². The molecule has 19 heavy (non-hydrogen) atoms. The molecule has 5 nitrogen and oxygen atoms in total. The fourth-order valence-electron chi connectivity index (χ4n) is 2.44. The molecule has 0 bridgehead atoms. The van der Waals surface area contributed by atoms with E-state index in [2.05, 4.69) is 5.32 Å². The molecule has 5 heteroatoms. The quantitative estimate of drug-likeness (QED) is 0.836. The summed E-state index contributed by atoms with van der Waals surface area (Å²) in [5.41, 5.74) is 1.80. The van der Waals surface area contributed by atoms with Crippen LogP contribution in [0.25, 0.3) is 0 Å². The maximum Gasteiger partial charge on any atom is 0.304 e. The van der Waals surface area contributed by atoms with Crippen LogP contribution in [0.5, 0.6) is 0 Å². The first-order valence-electron chi connectivity index (χ1n) is 6.45. The largest absolute Gasteiger partial charge is 0.481 e. The SMILES string of the molecule is CCNCC(=O)N1CC(CC(=O)O)c2ccccc21. The highest BCUT2D eigenvalue weighted by Gasteiger charge is 2.32. The van der Waals surface area contributed by atoms with Gasteiger partial charge in [-0.2, -0.15) is 0 Å². The lowest BCUT2D eigenvalue weighted by Crippen LogP contribution is -2.37. The number of para-hydroxylation sites is 1. The minimum absolute atomic E-state index is 0.0119. The lowest BCUT2D eigenvalue weighted by molar-refractivity contribution is -0.137. The van der Waals surface area contributed by atoms with Gasteiger partial charge in [0.15, 0.2) is 0 Å². The van der Waals surface area contributed by atoms with Crippen molar-refractivity contribution in [2.45, 2.75) is 19.3 Å². The van der Waals surface area contributed by atoms with Crippen LogP contribution in [0.3, 0.4) is 0 Å². The molecule has 1 unspecified atom stereocenters. The molecule has 102 valence electrons. The zero-order valence-electron chi connectivity index (χ0n) is 10.9. The first-order valence-corrected chi connectivity index (χ1v) is 6.45. The number of nitrogens with zero attached hydrogens (tertiary/aromatic N) is 1. The van der Waals surface area contributed by atoms with E-state index in [0.717, 1.165) is 17.8 Å². The zero-order valence-corrected chi connectivity index (χ0v) is 10.9. The van der Waals surface area contributed by atoms with Crippen LogP contribution in [0.4, 0.5) is 5.69 Å². The van der Waals surface area contributed by atoms with Gasteiger partial charge in [0.25, 0.3) is 0 Å². The molecular weight excluding hydrogens is 244 g/mol. The van der Waals surface area contributed by atoms with Gasteiger partial charge in [0, 0.05) is 18.2 Å². The molecule has 0 saturated carbocycles. The average Bonchev–Trinajstić information content (AvgIpc) is 2.75. The van der Waals surface area contributed by atoms with Gasteiger partial charge in [-0.25, -0.2) is 0 Å². The Morgan fingerprint density at radius 3 is 2.84 bits per heavy atom. The lowest BCUT2D eigenvalue weighted by atomic mass is 9.98. The van der Waals surface area contributed by atoms with E-state index in [1.54, 1.807) is 4.90 Å². The van der Waals surface area contributed by atoms with Crippen molar-refractivity contribution in [3.05, 3.63) is 29.8 Å². The Bertz CT molecular complexity index is 487. The summed E-state index contributed by atoms with van der Waals surface area (Å²) in [6.07, 6.45) is 0.0575. The number of benzene rings is 1. The Labute approximate surface area is 112 Å². The van der Waals surface area contributed by atoms with Crippen LogP contribution in [0.15, 0.2) is 24.3 Å². The third-order valence-corrected chi connectivity index (χ3v) is 3.32. The molecule has 0 saturated heterocycles. The predicted molar refractivity (Wildman–Crippen MR) is 72.3 cm³/mol. The summed E-state index contributed by atoms with van der Waals surface area (Å²) in [4.78, 5) is 24.7. The van der Waals surface area contributed by atoms with E-state index < -0.39 is 5.97 Å². The Hall–Kier alpha value is -1.88. The van der Waals surface area contributed by atoms with Gasteiger partial charge in [-0.1, -0.05) is 25.1 Å². The van der Waals surface area contributed by atoms with Crippen LogP contribution in [0.1, 0.15) is 24.8 Å². The molecule has 2 N–H and O–H groups in total. The van der Waals surface area contributed by atoms with Crippen LogP contribution in [0.2, 0.25) is 0 Å². The molecule has 1 aliphatic heterocycles. The number of hydrogen-bond acceptors (Lipinski definition) is 3. The first kappa shape index (κ1) is 13.5. The van der Waals surface area contributed by atoms with Gasteiger partial charge in [-0.15, -0.1) is 0 Å². The smallest absolute Gasteiger partial charge is 0.304 e. The monoisotopic (exact) mass is 262 g/mol. The second-order valence-electron chi connectivity index (χ2n) is 4.64. The third kappa shape index (κ3) is 2.93. The molecule has 1 aliphatic rings. The number of fused-ring (bicyclic) bond motifs is 1. The fourth-order valence-corrected chi connectivity index (χ4v) is 2.44. The number of amides is 1. The van der Waals surface area contributed by atoms with E-state index in [9.17, 15) is 9.59 Å². The minimum Gasteiger partial charge on any atom is -0.481 e. The third-order valence-electron chi connectivity index (χ3n) is 3.32. The Morgan fingerprint density at radius 2 is 2.16 bits per heavy atom. The first-order chi connectivity index (χ1) is 9.13. The van der Waals surface area contributed by atoms with Crippen molar-refractivity contribution in [2.75, 3.05) is 24.5 Å². The molecule has 1 atom stereocenters. The summed E-state index contributed by atoms with van der Waals surface area (Å²) in [6, 6.07) is 7.53. The topological polar surface area (TPSA) is 69.6 Å². The van der Waals surface area contributed by atoms with Gasteiger partial charge in [0.2, 0.25) is 5.91 Å². The van der Waals surface area contributed by atoms with Crippen LogP contribution in [-0.4, -0.2) is 36.6 Å². The second-order valence-corrected chi connectivity index (χ2v) is 4.64. The zero-order chi connectivity index (χ0) is 13.8. The molecule has 0 radical (unpaired) electrons. The van der Waals surface area contributed by atoms with Gasteiger partial charge in [0.05, 0.1) is 13.0 Å². The molecular formula is C14H18N2O3. The van der Waals surface area contributed by atoms with Crippen LogP contribution >= 0.6 is 0 Å². The number of anilines is 1. The van der Waals surface area contributed by atoms with Crippen molar-refractivity contribution in [2.24, 2.45) is 0 Å². The number of hydrogen-bond donors (Lipinski definition) is 2. The Morgan fingerprint density at radius 1 is 1.42 bits per heavy atom. The summed E-state index contributed by atoms with van der Waals surface area (Å²) in [7, 11) is 0. The normalized spacial score (nSPS) is 17.3. The van der Waals surface area contributed by atoms with Crippen molar-refractivity contribution in [1.29, 1.82) is 0 Å². The molecule has 1 heterocycles. The van der Waals surface area contributed by atoms with Gasteiger partial charge < -0.3 is 15.3 Å². The molecule has 0 spiro atoms. The van der Waals surface area contributed by atoms with Crippen LogP contribution < -0.4 is 10.2 Å². The minimum atomic E-state index is -0.833. The fraction of sp³-hybridized carbons (Fsp3) is 0.429. The van der Waals surface area contributed by atoms with Gasteiger partial charge in [-0.05, 0) is 18.2 Å². The highest BCUT2D eigenvalue weighted by molar-refractivity contribution is 5.97. The van der Waals surface area contributed by atoms with Gasteiger partial charge in [0.1, 0.15) is 0 Å². The number of carbonyl (C=O) groups excluding carboxylic acids is 1. The molecule has 1 aromatic carbocycles. The number of aliphatic carboxylic acids is 1. The van der Waals surface area contributed by atoms with E-state index in [1.807, 2.05) is 31.2 Å². The number of carbonyl (C=O) groups is 2. The molecule has 0 aromatic heterocycles. The van der Waals surface area contributed by atoms with E-state index in [-0.39, 0.29) is 24.8 Å². The Kier molecular flexibility index (Phi) is 4.16. The van der Waals surface area contributed by atoms with Crippen LogP contribution in [0, 0.1) is 0 Å². The number of nitrogens with one attached hydrogen (secondary N) is 1. The highest BCUT2D eigenvalue weighted by Crippen LogP contribution is 2.37. The number of carboxylic acids is 1. The lowest BCUT2D eigenvalue weighted by Gasteiger charge is -2.17. The number of likely N-dealkylation sites (N-methyl/N-ethyl adjacent to an activating group) is 1. The molecule has 1 aromatic rings. The summed E-state index contributed by atoms with van der Waals surface area (Å²) in [5.74, 6) is -0.956. The summed E-state index contributed by atoms with van der Waals surface area (Å²) in [5, 5.41) is 12.0. The molecule has 1 amide bonds. The van der Waals surface area contributed by atoms with Crippen molar-refractivity contribution in [1.82, 2.24) is 5.32 Å². The van der Waals surface area contributed by atoms with Crippen molar-refractivity contribution >= 4 is 17.6 Å². The maximum atomic E-state index is 12.1. The maximum absolute atomic E-state index is 12.1. The summed E-state index contributed by atoms with van der Waals surface area (Å²) >= 11 is 0. The number of rotatable bonds is 5. The second kappa shape index (κ2) is 5.84. The molecule has 2 rings (SSSR count). The molecule has 0 fully saturated rings. The van der Waals surface area contributed by atoms with E-state index in [0.29, 0.717) is 6.54 Å². The number of carboxylic acid groups (broad SMARTS) is 1. The summed E-state index contributed by atoms with van der Waals surface area (Å²) < 4.78 is 0. The average molecular weight is 262 g/mol. The highest BCUT2D eigenvalue weighted by atomic mass is 16.4. The van der Waals surface area contributed by atoms with Crippen LogP contribution in [-0.2, 0) is 9.59 Å². The van der Waals surface area contributed by atoms with Crippen molar-refractivity contribution < 1.29 is 14.7 Å². The predicted octanol–water partition coefficient (Wildman–Crippen LogP) is 1.20. The van der Waals surface area contributed by atoms with E-state index in [1.165, 1.54) is 0 Å². The van der Waals surface area contributed by atoms with E-state index >= 15 is 0 Å². The van der Waals surface area contributed by atoms with Gasteiger partial charge >= 0.3 is 5.97 Å². The van der Waals surface area contributed by atoms with Crippen molar-refractivity contribution in [3.63, 3.8) is 0 Å². The van der Waals surface area contributed by atoms with E-state index in [4.69, 9.17) is 5.11 Å². The molecule has 0 aliphatic carbocycles. The Balaban J connectivity index is 2.20.